The fourth-order valence-electron chi connectivity index (χ4n) is 2.23. The largest absolute Gasteiger partial charge is 0.495 e. The van der Waals surface area contributed by atoms with Crippen molar-refractivity contribution in [1.82, 2.24) is 10.3 Å². The number of methoxy groups -OCH3 is 2. The molecule has 0 bridgehead atoms. The molecule has 0 spiro atoms. The van der Waals surface area contributed by atoms with Crippen LogP contribution in [0.15, 0.2) is 36.5 Å². The summed E-state index contributed by atoms with van der Waals surface area (Å²) >= 11 is 0. The normalized spacial score (nSPS) is 12.0. The molecule has 4 nitrogen and oxygen atoms in total. The van der Waals surface area contributed by atoms with Gasteiger partial charge in [0.05, 0.1) is 20.3 Å². The van der Waals surface area contributed by atoms with Crippen LogP contribution in [0, 0.1) is 5.82 Å². The Morgan fingerprint density at radius 2 is 1.95 bits per heavy atom. The van der Waals surface area contributed by atoms with E-state index >= 15 is 0 Å². The lowest BCUT2D eigenvalue weighted by Gasteiger charge is -2.20. The topological polar surface area (TPSA) is 43.4 Å². The molecule has 0 aliphatic carbocycles. The van der Waals surface area contributed by atoms with Crippen LogP contribution in [0.4, 0.5) is 4.39 Å². The molecule has 1 N–H and O–H groups in total. The first-order valence-corrected chi connectivity index (χ1v) is 6.77. The number of ether oxygens (including phenoxy) is 2. The van der Waals surface area contributed by atoms with Crippen LogP contribution in [0.25, 0.3) is 0 Å². The van der Waals surface area contributed by atoms with Crippen LogP contribution in [0.3, 0.4) is 0 Å². The highest BCUT2D eigenvalue weighted by Gasteiger charge is 2.20. The van der Waals surface area contributed by atoms with Gasteiger partial charge < -0.3 is 14.8 Å². The molecule has 0 saturated carbocycles. The smallest absolute Gasteiger partial charge is 0.165 e. The summed E-state index contributed by atoms with van der Waals surface area (Å²) in [6.45, 7) is 2.71. The highest BCUT2D eigenvalue weighted by Crippen LogP contribution is 2.30. The van der Waals surface area contributed by atoms with Gasteiger partial charge in [0.25, 0.3) is 0 Å². The van der Waals surface area contributed by atoms with E-state index in [0.29, 0.717) is 5.75 Å². The summed E-state index contributed by atoms with van der Waals surface area (Å²) in [7, 11) is 3.04. The molecule has 5 heteroatoms. The maximum atomic E-state index is 13.9. The number of aromatic nitrogens is 1. The zero-order valence-electron chi connectivity index (χ0n) is 12.4. The summed E-state index contributed by atoms with van der Waals surface area (Å²) in [5, 5.41) is 3.30. The van der Waals surface area contributed by atoms with E-state index in [1.54, 1.807) is 25.4 Å². The van der Waals surface area contributed by atoms with Crippen LogP contribution in [-0.2, 0) is 0 Å². The van der Waals surface area contributed by atoms with Crippen LogP contribution in [0.1, 0.15) is 24.2 Å². The number of halogens is 1. The first kappa shape index (κ1) is 15.3. The van der Waals surface area contributed by atoms with Gasteiger partial charge in [0.2, 0.25) is 0 Å². The molecule has 0 aliphatic heterocycles. The van der Waals surface area contributed by atoms with Crippen LogP contribution in [0.2, 0.25) is 0 Å². The SMILES string of the molecule is CCNC(c1ccc(OC)c(F)c1)c1ncccc1OC. The van der Waals surface area contributed by atoms with E-state index < -0.39 is 5.82 Å². The standard InChI is InChI=1S/C16H19FN2O2/c1-4-18-15(16-14(21-3)6-5-9-19-16)11-7-8-13(20-2)12(17)10-11/h5-10,15,18H,4H2,1-3H3. The molecule has 0 radical (unpaired) electrons. The molecule has 1 heterocycles. The Balaban J connectivity index is 2.45. The lowest BCUT2D eigenvalue weighted by Crippen LogP contribution is -2.23. The minimum Gasteiger partial charge on any atom is -0.495 e. The number of nitrogens with zero attached hydrogens (tertiary/aromatic N) is 1. The van der Waals surface area contributed by atoms with E-state index in [4.69, 9.17) is 9.47 Å². The van der Waals surface area contributed by atoms with Crippen molar-refractivity contribution in [2.45, 2.75) is 13.0 Å². The maximum Gasteiger partial charge on any atom is 0.165 e. The quantitative estimate of drug-likeness (QED) is 0.888. The fourth-order valence-corrected chi connectivity index (χ4v) is 2.23. The zero-order chi connectivity index (χ0) is 15.2. The molecule has 112 valence electrons. The van der Waals surface area contributed by atoms with Crippen molar-refractivity contribution in [2.24, 2.45) is 0 Å². The predicted molar refractivity (Wildman–Crippen MR) is 79.3 cm³/mol. The first-order valence-electron chi connectivity index (χ1n) is 6.77. The van der Waals surface area contributed by atoms with Crippen molar-refractivity contribution < 1.29 is 13.9 Å². The van der Waals surface area contributed by atoms with Gasteiger partial charge in [-0.15, -0.1) is 0 Å². The highest BCUT2D eigenvalue weighted by molar-refractivity contribution is 5.39. The second-order valence-corrected chi connectivity index (χ2v) is 4.48. The van der Waals surface area contributed by atoms with Crippen LogP contribution < -0.4 is 14.8 Å². The Morgan fingerprint density at radius 3 is 2.57 bits per heavy atom. The van der Waals surface area contributed by atoms with Gasteiger partial charge in [-0.1, -0.05) is 13.0 Å². The summed E-state index contributed by atoms with van der Waals surface area (Å²) in [5.74, 6) is 0.495. The lowest BCUT2D eigenvalue weighted by molar-refractivity contribution is 0.385. The summed E-state index contributed by atoms with van der Waals surface area (Å²) in [6.07, 6.45) is 1.70. The van der Waals surface area contributed by atoms with E-state index in [1.165, 1.54) is 13.2 Å². The van der Waals surface area contributed by atoms with Crippen molar-refractivity contribution in [3.8, 4) is 11.5 Å². The number of hydrogen-bond acceptors (Lipinski definition) is 4. The number of hydrogen-bond donors (Lipinski definition) is 1. The highest BCUT2D eigenvalue weighted by atomic mass is 19.1. The number of benzene rings is 1. The average Bonchev–Trinajstić information content (AvgIpc) is 2.52. The molecule has 0 fully saturated rings. The van der Waals surface area contributed by atoms with E-state index in [0.717, 1.165) is 17.8 Å². The van der Waals surface area contributed by atoms with E-state index in [-0.39, 0.29) is 11.8 Å². The molecule has 1 unspecified atom stereocenters. The number of rotatable bonds is 6. The Kier molecular flexibility index (Phi) is 5.11. The van der Waals surface area contributed by atoms with Gasteiger partial charge in [-0.25, -0.2) is 4.39 Å². The molecule has 21 heavy (non-hydrogen) atoms. The second kappa shape index (κ2) is 7.04. The second-order valence-electron chi connectivity index (χ2n) is 4.48. The molecule has 2 rings (SSSR count). The van der Waals surface area contributed by atoms with E-state index in [9.17, 15) is 4.39 Å². The van der Waals surface area contributed by atoms with Gasteiger partial charge in [-0.3, -0.25) is 4.98 Å². The van der Waals surface area contributed by atoms with Crippen LogP contribution in [0.5, 0.6) is 11.5 Å². The monoisotopic (exact) mass is 290 g/mol. The average molecular weight is 290 g/mol. The molecule has 2 aromatic rings. The predicted octanol–water partition coefficient (Wildman–Crippen LogP) is 2.94. The summed E-state index contributed by atoms with van der Waals surface area (Å²) in [5.41, 5.74) is 1.50. The molecule has 0 amide bonds. The summed E-state index contributed by atoms with van der Waals surface area (Å²) in [4.78, 5) is 4.38. The third-order valence-electron chi connectivity index (χ3n) is 3.21. The van der Waals surface area contributed by atoms with Gasteiger partial charge in [0.15, 0.2) is 11.6 Å². The Hall–Kier alpha value is -2.14. The summed E-state index contributed by atoms with van der Waals surface area (Å²) in [6, 6.07) is 8.30. The van der Waals surface area contributed by atoms with Crippen LogP contribution in [-0.4, -0.2) is 25.7 Å². The fraction of sp³-hybridized carbons (Fsp3) is 0.312. The molecule has 1 aromatic heterocycles. The number of nitrogens with one attached hydrogen (secondary N) is 1. The summed E-state index contributed by atoms with van der Waals surface area (Å²) < 4.78 is 24.2. The minimum atomic E-state index is -0.396. The van der Waals surface area contributed by atoms with Gasteiger partial charge in [0.1, 0.15) is 11.4 Å². The van der Waals surface area contributed by atoms with Crippen LogP contribution >= 0.6 is 0 Å². The Labute approximate surface area is 123 Å². The Morgan fingerprint density at radius 1 is 1.19 bits per heavy atom. The third kappa shape index (κ3) is 3.31. The van der Waals surface area contributed by atoms with Crippen molar-refractivity contribution in [3.63, 3.8) is 0 Å². The first-order chi connectivity index (χ1) is 10.2. The van der Waals surface area contributed by atoms with Crippen molar-refractivity contribution in [3.05, 3.63) is 53.6 Å². The Bertz CT molecular complexity index is 605. The molecule has 0 saturated heterocycles. The molecular formula is C16H19FN2O2. The maximum absolute atomic E-state index is 13.9. The molecular weight excluding hydrogens is 271 g/mol. The van der Waals surface area contributed by atoms with Gasteiger partial charge in [-0.2, -0.15) is 0 Å². The third-order valence-corrected chi connectivity index (χ3v) is 3.21. The van der Waals surface area contributed by atoms with Crippen molar-refractivity contribution >= 4 is 0 Å². The van der Waals surface area contributed by atoms with Crippen molar-refractivity contribution in [1.29, 1.82) is 0 Å². The molecule has 0 aliphatic rings. The lowest BCUT2D eigenvalue weighted by atomic mass is 10.0. The van der Waals surface area contributed by atoms with Crippen molar-refractivity contribution in [2.75, 3.05) is 20.8 Å². The van der Waals surface area contributed by atoms with Gasteiger partial charge in [-0.05, 0) is 36.4 Å². The van der Waals surface area contributed by atoms with E-state index in [2.05, 4.69) is 10.3 Å². The van der Waals surface area contributed by atoms with Gasteiger partial charge in [0, 0.05) is 6.20 Å². The molecule has 1 aromatic carbocycles. The van der Waals surface area contributed by atoms with E-state index in [1.807, 2.05) is 19.1 Å². The zero-order valence-corrected chi connectivity index (χ0v) is 12.4. The minimum absolute atomic E-state index is 0.224. The van der Waals surface area contributed by atoms with Gasteiger partial charge >= 0.3 is 0 Å². The molecule has 1 atom stereocenters. The number of pyridine rings is 1.